The highest BCUT2D eigenvalue weighted by molar-refractivity contribution is 5.57. The van der Waals surface area contributed by atoms with Crippen molar-refractivity contribution in [2.45, 2.75) is 6.42 Å². The van der Waals surface area contributed by atoms with Crippen LogP contribution in [0.1, 0.15) is 11.1 Å². The van der Waals surface area contributed by atoms with Crippen molar-refractivity contribution in [1.29, 1.82) is 5.26 Å². The van der Waals surface area contributed by atoms with Crippen molar-refractivity contribution >= 4 is 5.69 Å². The summed E-state index contributed by atoms with van der Waals surface area (Å²) in [5.74, 6) is 1.46. The average molecular weight is 282 g/mol. The molecule has 0 unspecified atom stereocenters. The molecule has 4 heteroatoms. The molecule has 0 amide bonds. The van der Waals surface area contributed by atoms with E-state index in [4.69, 9.17) is 14.7 Å². The van der Waals surface area contributed by atoms with Crippen LogP contribution in [-0.2, 0) is 6.42 Å². The third-order valence-corrected chi connectivity index (χ3v) is 3.22. The Kier molecular flexibility index (Phi) is 5.05. The van der Waals surface area contributed by atoms with Gasteiger partial charge in [-0.3, -0.25) is 0 Å². The molecule has 0 heterocycles. The van der Waals surface area contributed by atoms with E-state index in [1.807, 2.05) is 36.4 Å². The van der Waals surface area contributed by atoms with Gasteiger partial charge in [-0.2, -0.15) is 5.26 Å². The van der Waals surface area contributed by atoms with Gasteiger partial charge in [0, 0.05) is 6.54 Å². The summed E-state index contributed by atoms with van der Waals surface area (Å²) in [6, 6.07) is 15.6. The lowest BCUT2D eigenvalue weighted by Gasteiger charge is -2.11. The minimum absolute atomic E-state index is 0.657. The first-order valence-electron chi connectivity index (χ1n) is 6.72. The van der Waals surface area contributed by atoms with Crippen molar-refractivity contribution in [1.82, 2.24) is 0 Å². The third-order valence-electron chi connectivity index (χ3n) is 3.22. The molecule has 2 rings (SSSR count). The van der Waals surface area contributed by atoms with Crippen LogP contribution in [-0.4, -0.2) is 20.8 Å². The predicted octanol–water partition coefficient (Wildman–Crippen LogP) is 3.23. The third kappa shape index (κ3) is 3.67. The van der Waals surface area contributed by atoms with Crippen LogP contribution in [0.5, 0.6) is 11.5 Å². The number of nitriles is 1. The summed E-state index contributed by atoms with van der Waals surface area (Å²) in [6.07, 6.45) is 0.833. The molecule has 0 aromatic heterocycles. The molecule has 108 valence electrons. The fraction of sp³-hybridized carbons (Fsp3) is 0.235. The topological polar surface area (TPSA) is 54.3 Å². The van der Waals surface area contributed by atoms with Crippen LogP contribution >= 0.6 is 0 Å². The van der Waals surface area contributed by atoms with Crippen molar-refractivity contribution in [2.75, 3.05) is 26.1 Å². The molecule has 0 spiro atoms. The minimum Gasteiger partial charge on any atom is -0.493 e. The molecule has 1 N–H and O–H groups in total. The summed E-state index contributed by atoms with van der Waals surface area (Å²) in [4.78, 5) is 0. The van der Waals surface area contributed by atoms with Crippen molar-refractivity contribution in [2.24, 2.45) is 0 Å². The first-order valence-corrected chi connectivity index (χ1v) is 6.72. The summed E-state index contributed by atoms with van der Waals surface area (Å²) in [5, 5.41) is 12.3. The van der Waals surface area contributed by atoms with Gasteiger partial charge in [0.05, 0.1) is 25.5 Å². The lowest BCUT2D eigenvalue weighted by atomic mass is 10.1. The second-order valence-corrected chi connectivity index (χ2v) is 4.52. The number of hydrogen-bond donors (Lipinski definition) is 1. The second kappa shape index (κ2) is 7.20. The van der Waals surface area contributed by atoms with Crippen LogP contribution in [0.15, 0.2) is 42.5 Å². The molecule has 0 bridgehead atoms. The fourth-order valence-corrected chi connectivity index (χ4v) is 2.11. The number of ether oxygens (including phenoxy) is 2. The van der Waals surface area contributed by atoms with Gasteiger partial charge in [0.25, 0.3) is 0 Å². The number of nitrogens with one attached hydrogen (secondary N) is 1. The van der Waals surface area contributed by atoms with Gasteiger partial charge in [-0.1, -0.05) is 18.2 Å². The summed E-state index contributed by atoms with van der Waals surface area (Å²) in [6.45, 7) is 0.744. The number of rotatable bonds is 6. The number of anilines is 1. The molecule has 0 saturated carbocycles. The Labute approximate surface area is 124 Å². The van der Waals surface area contributed by atoms with Crippen LogP contribution < -0.4 is 14.8 Å². The summed E-state index contributed by atoms with van der Waals surface area (Å²) in [7, 11) is 3.25. The van der Waals surface area contributed by atoms with E-state index < -0.39 is 0 Å². The van der Waals surface area contributed by atoms with E-state index in [1.54, 1.807) is 20.3 Å². The van der Waals surface area contributed by atoms with E-state index in [0.29, 0.717) is 5.56 Å². The Hall–Kier alpha value is -2.67. The molecule has 0 saturated heterocycles. The molecule has 0 aliphatic carbocycles. The van der Waals surface area contributed by atoms with Crippen molar-refractivity contribution in [3.63, 3.8) is 0 Å². The van der Waals surface area contributed by atoms with E-state index in [-0.39, 0.29) is 0 Å². The largest absolute Gasteiger partial charge is 0.493 e. The maximum absolute atomic E-state index is 9.04. The van der Waals surface area contributed by atoms with E-state index in [9.17, 15) is 0 Å². The lowest BCUT2D eigenvalue weighted by Crippen LogP contribution is -2.06. The van der Waals surface area contributed by atoms with Crippen LogP contribution in [0.4, 0.5) is 5.69 Å². The van der Waals surface area contributed by atoms with Crippen molar-refractivity contribution in [3.8, 4) is 17.6 Å². The zero-order valence-electron chi connectivity index (χ0n) is 12.2. The van der Waals surface area contributed by atoms with E-state index >= 15 is 0 Å². The number of benzene rings is 2. The Bertz CT molecular complexity index is 647. The molecule has 4 nitrogen and oxygen atoms in total. The van der Waals surface area contributed by atoms with E-state index in [0.717, 1.165) is 35.7 Å². The molecule has 2 aromatic carbocycles. The first-order chi connectivity index (χ1) is 10.3. The zero-order chi connectivity index (χ0) is 15.1. The van der Waals surface area contributed by atoms with Crippen molar-refractivity contribution < 1.29 is 9.47 Å². The summed E-state index contributed by atoms with van der Waals surface area (Å²) in [5.41, 5.74) is 2.67. The maximum Gasteiger partial charge on any atom is 0.160 e. The highest BCUT2D eigenvalue weighted by atomic mass is 16.5. The number of methoxy groups -OCH3 is 2. The quantitative estimate of drug-likeness (QED) is 0.883. The maximum atomic E-state index is 9.04. The summed E-state index contributed by atoms with van der Waals surface area (Å²) < 4.78 is 10.5. The van der Waals surface area contributed by atoms with Gasteiger partial charge in [0.15, 0.2) is 11.5 Å². The Morgan fingerprint density at radius 3 is 2.52 bits per heavy atom. The number of hydrogen-bond acceptors (Lipinski definition) is 4. The van der Waals surface area contributed by atoms with Gasteiger partial charge in [-0.15, -0.1) is 0 Å². The number of nitrogens with zero attached hydrogens (tertiary/aromatic N) is 1. The minimum atomic E-state index is 0.657. The van der Waals surface area contributed by atoms with Crippen LogP contribution in [0.2, 0.25) is 0 Å². The zero-order valence-corrected chi connectivity index (χ0v) is 12.2. The normalized spacial score (nSPS) is 9.76. The molecule has 0 aliphatic rings. The standard InChI is InChI=1S/C17H18N2O2/c1-20-16-8-7-13(11-17(16)21-2)9-10-19-15-6-4-3-5-14(15)12-18/h3-8,11,19H,9-10H2,1-2H3. The van der Waals surface area contributed by atoms with Gasteiger partial charge in [0.1, 0.15) is 6.07 Å². The molecule has 21 heavy (non-hydrogen) atoms. The second-order valence-electron chi connectivity index (χ2n) is 4.52. The number of para-hydroxylation sites is 1. The molecule has 0 radical (unpaired) electrons. The van der Waals surface area contributed by atoms with Gasteiger partial charge in [-0.25, -0.2) is 0 Å². The molecule has 2 aromatic rings. The Morgan fingerprint density at radius 2 is 1.81 bits per heavy atom. The Balaban J connectivity index is 1.99. The highest BCUT2D eigenvalue weighted by Gasteiger charge is 2.05. The molecule has 0 aliphatic heterocycles. The molecule has 0 atom stereocenters. The fourth-order valence-electron chi connectivity index (χ4n) is 2.11. The van der Waals surface area contributed by atoms with Gasteiger partial charge < -0.3 is 14.8 Å². The Morgan fingerprint density at radius 1 is 1.05 bits per heavy atom. The van der Waals surface area contributed by atoms with Gasteiger partial charge in [-0.05, 0) is 36.2 Å². The SMILES string of the molecule is COc1ccc(CCNc2ccccc2C#N)cc1OC. The molecular formula is C17H18N2O2. The average Bonchev–Trinajstić information content (AvgIpc) is 2.55. The van der Waals surface area contributed by atoms with E-state index in [1.165, 1.54) is 0 Å². The predicted molar refractivity (Wildman–Crippen MR) is 82.9 cm³/mol. The van der Waals surface area contributed by atoms with Gasteiger partial charge >= 0.3 is 0 Å². The smallest absolute Gasteiger partial charge is 0.160 e. The lowest BCUT2D eigenvalue weighted by molar-refractivity contribution is 0.354. The summed E-state index contributed by atoms with van der Waals surface area (Å²) >= 11 is 0. The van der Waals surface area contributed by atoms with Crippen LogP contribution in [0, 0.1) is 11.3 Å². The van der Waals surface area contributed by atoms with Crippen LogP contribution in [0.25, 0.3) is 0 Å². The van der Waals surface area contributed by atoms with Gasteiger partial charge in [0.2, 0.25) is 0 Å². The first kappa shape index (κ1) is 14.7. The highest BCUT2D eigenvalue weighted by Crippen LogP contribution is 2.27. The molecular weight excluding hydrogens is 264 g/mol. The van der Waals surface area contributed by atoms with Crippen molar-refractivity contribution in [3.05, 3.63) is 53.6 Å². The van der Waals surface area contributed by atoms with Crippen LogP contribution in [0.3, 0.4) is 0 Å². The van der Waals surface area contributed by atoms with E-state index in [2.05, 4.69) is 11.4 Å². The monoisotopic (exact) mass is 282 g/mol. The molecule has 0 fully saturated rings.